The number of hydrogen-bond donors (Lipinski definition) is 1. The maximum Gasteiger partial charge on any atom is 0.320 e. The van der Waals surface area contributed by atoms with Gasteiger partial charge in [-0.25, -0.2) is 4.79 Å². The molecule has 0 aromatic rings. The molecule has 1 atom stereocenters. The molecular formula is C15H24N2O4. The predicted molar refractivity (Wildman–Crippen MR) is 78.1 cm³/mol. The number of ether oxygens (including phenoxy) is 1. The molecule has 0 spiro atoms. The van der Waals surface area contributed by atoms with Gasteiger partial charge in [0.1, 0.15) is 0 Å². The minimum absolute atomic E-state index is 0.0396. The highest BCUT2D eigenvalue weighted by atomic mass is 16.5. The van der Waals surface area contributed by atoms with Crippen molar-refractivity contribution in [3.63, 3.8) is 0 Å². The normalized spacial score (nSPS) is 22.9. The van der Waals surface area contributed by atoms with Crippen molar-refractivity contribution in [2.45, 2.75) is 25.7 Å². The van der Waals surface area contributed by atoms with Crippen LogP contribution in [0, 0.1) is 5.92 Å². The van der Waals surface area contributed by atoms with Crippen LogP contribution in [0.5, 0.6) is 0 Å². The molecule has 1 unspecified atom stereocenters. The van der Waals surface area contributed by atoms with Gasteiger partial charge in [0.15, 0.2) is 0 Å². The summed E-state index contributed by atoms with van der Waals surface area (Å²) in [6.07, 6.45) is 4.85. The minimum Gasteiger partial charge on any atom is -0.481 e. The van der Waals surface area contributed by atoms with Crippen LogP contribution in [-0.2, 0) is 9.53 Å². The molecule has 0 bridgehead atoms. The molecule has 21 heavy (non-hydrogen) atoms. The van der Waals surface area contributed by atoms with Crippen molar-refractivity contribution in [3.8, 4) is 0 Å². The monoisotopic (exact) mass is 296 g/mol. The number of carbonyl (C=O) groups is 2. The van der Waals surface area contributed by atoms with Gasteiger partial charge in [-0.1, -0.05) is 6.08 Å². The molecule has 0 saturated carbocycles. The van der Waals surface area contributed by atoms with E-state index in [0.29, 0.717) is 26.2 Å². The van der Waals surface area contributed by atoms with Gasteiger partial charge in [-0.15, -0.1) is 0 Å². The lowest BCUT2D eigenvalue weighted by Crippen LogP contribution is -2.49. The minimum atomic E-state index is -0.778. The number of likely N-dealkylation sites (tertiary alicyclic amines) is 1. The van der Waals surface area contributed by atoms with Gasteiger partial charge in [0.2, 0.25) is 0 Å². The fourth-order valence-electron chi connectivity index (χ4n) is 3.05. The van der Waals surface area contributed by atoms with Crippen LogP contribution < -0.4 is 0 Å². The molecule has 6 heteroatoms. The molecule has 0 aromatic carbocycles. The number of nitrogens with zero attached hydrogens (tertiary/aromatic N) is 2. The van der Waals surface area contributed by atoms with Gasteiger partial charge in [-0.3, -0.25) is 4.79 Å². The van der Waals surface area contributed by atoms with Crippen LogP contribution in [-0.4, -0.2) is 66.8 Å². The number of methoxy groups -OCH3 is 1. The van der Waals surface area contributed by atoms with Crippen LogP contribution in [0.3, 0.4) is 0 Å². The molecule has 1 N–H and O–H groups in total. The Morgan fingerprint density at radius 3 is 2.81 bits per heavy atom. The van der Waals surface area contributed by atoms with Crippen molar-refractivity contribution in [3.05, 3.63) is 11.6 Å². The Labute approximate surface area is 125 Å². The summed E-state index contributed by atoms with van der Waals surface area (Å²) in [6.45, 7) is 3.27. The highest BCUT2D eigenvalue weighted by Gasteiger charge is 2.28. The van der Waals surface area contributed by atoms with E-state index in [1.54, 1.807) is 7.11 Å². The molecule has 0 aliphatic carbocycles. The largest absolute Gasteiger partial charge is 0.481 e. The van der Waals surface area contributed by atoms with Crippen molar-refractivity contribution in [1.82, 2.24) is 9.80 Å². The third-order valence-electron chi connectivity index (χ3n) is 4.16. The Kier molecular flexibility index (Phi) is 5.61. The van der Waals surface area contributed by atoms with E-state index >= 15 is 0 Å². The Balaban J connectivity index is 1.87. The third-order valence-corrected chi connectivity index (χ3v) is 4.16. The summed E-state index contributed by atoms with van der Waals surface area (Å²) in [4.78, 5) is 27.0. The van der Waals surface area contributed by atoms with Gasteiger partial charge >= 0.3 is 12.0 Å². The van der Waals surface area contributed by atoms with E-state index in [9.17, 15) is 9.59 Å². The first-order valence-electron chi connectivity index (χ1n) is 7.52. The van der Waals surface area contributed by atoms with Crippen molar-refractivity contribution in [2.24, 2.45) is 5.92 Å². The van der Waals surface area contributed by atoms with Gasteiger partial charge in [-0.05, 0) is 30.8 Å². The lowest BCUT2D eigenvalue weighted by Gasteiger charge is -2.37. The summed E-state index contributed by atoms with van der Waals surface area (Å²) in [7, 11) is 1.68. The lowest BCUT2D eigenvalue weighted by molar-refractivity contribution is -0.138. The summed E-state index contributed by atoms with van der Waals surface area (Å²) in [6, 6.07) is 0.0396. The number of amides is 2. The second-order valence-corrected chi connectivity index (χ2v) is 5.83. The molecule has 2 heterocycles. The first-order chi connectivity index (χ1) is 10.1. The molecule has 6 nitrogen and oxygen atoms in total. The smallest absolute Gasteiger partial charge is 0.320 e. The van der Waals surface area contributed by atoms with Crippen molar-refractivity contribution >= 4 is 12.0 Å². The van der Waals surface area contributed by atoms with Crippen molar-refractivity contribution in [1.29, 1.82) is 0 Å². The molecule has 2 aliphatic rings. The number of piperidine rings is 1. The zero-order chi connectivity index (χ0) is 15.2. The highest BCUT2D eigenvalue weighted by Crippen LogP contribution is 2.21. The topological polar surface area (TPSA) is 70.1 Å². The Morgan fingerprint density at radius 1 is 1.38 bits per heavy atom. The molecular weight excluding hydrogens is 272 g/mol. The number of carboxylic acid groups (broad SMARTS) is 1. The van der Waals surface area contributed by atoms with Crippen LogP contribution in [0.1, 0.15) is 25.7 Å². The SMILES string of the molecule is COCC1=CCN(C(=O)N2CCCC(CC(=O)O)C2)CC1. The fourth-order valence-corrected chi connectivity index (χ4v) is 3.05. The summed E-state index contributed by atoms with van der Waals surface area (Å²) < 4.78 is 5.11. The van der Waals surface area contributed by atoms with Gasteiger partial charge in [0.05, 0.1) is 6.61 Å². The number of aliphatic carboxylic acids is 1. The van der Waals surface area contributed by atoms with Crippen LogP contribution in [0.2, 0.25) is 0 Å². The van der Waals surface area contributed by atoms with Gasteiger partial charge in [0, 0.05) is 39.7 Å². The molecule has 118 valence electrons. The fraction of sp³-hybridized carbons (Fsp3) is 0.733. The van der Waals surface area contributed by atoms with Crippen LogP contribution >= 0.6 is 0 Å². The average Bonchev–Trinajstić information content (AvgIpc) is 2.47. The summed E-state index contributed by atoms with van der Waals surface area (Å²) in [5, 5.41) is 8.89. The highest BCUT2D eigenvalue weighted by molar-refractivity contribution is 5.75. The second kappa shape index (κ2) is 7.45. The number of hydrogen-bond acceptors (Lipinski definition) is 3. The molecule has 2 amide bonds. The summed E-state index contributed by atoms with van der Waals surface area (Å²) in [5.74, 6) is -0.691. The first-order valence-corrected chi connectivity index (χ1v) is 7.52. The molecule has 1 fully saturated rings. The molecule has 2 rings (SSSR count). The van der Waals surface area contributed by atoms with Gasteiger partial charge in [0.25, 0.3) is 0 Å². The van der Waals surface area contributed by atoms with Crippen LogP contribution in [0.15, 0.2) is 11.6 Å². The zero-order valence-corrected chi connectivity index (χ0v) is 12.6. The van der Waals surface area contributed by atoms with E-state index in [0.717, 1.165) is 25.8 Å². The third kappa shape index (κ3) is 4.46. The average molecular weight is 296 g/mol. The van der Waals surface area contributed by atoms with E-state index in [2.05, 4.69) is 6.08 Å². The van der Waals surface area contributed by atoms with E-state index in [-0.39, 0.29) is 18.4 Å². The second-order valence-electron chi connectivity index (χ2n) is 5.83. The van der Waals surface area contributed by atoms with Crippen molar-refractivity contribution in [2.75, 3.05) is 39.9 Å². The Hall–Kier alpha value is -1.56. The molecule has 2 aliphatic heterocycles. The number of urea groups is 1. The van der Waals surface area contributed by atoms with Gasteiger partial charge < -0.3 is 19.6 Å². The number of carbonyl (C=O) groups excluding carboxylic acids is 1. The summed E-state index contributed by atoms with van der Waals surface area (Å²) in [5.41, 5.74) is 1.24. The molecule has 0 aromatic heterocycles. The van der Waals surface area contributed by atoms with Crippen molar-refractivity contribution < 1.29 is 19.4 Å². The van der Waals surface area contributed by atoms with E-state index in [4.69, 9.17) is 9.84 Å². The molecule has 1 saturated heterocycles. The summed E-state index contributed by atoms with van der Waals surface area (Å²) >= 11 is 0. The number of rotatable bonds is 4. The Bertz CT molecular complexity index is 422. The predicted octanol–water partition coefficient (Wildman–Crippen LogP) is 1.57. The van der Waals surface area contributed by atoms with Crippen LogP contribution in [0.25, 0.3) is 0 Å². The molecule has 0 radical (unpaired) electrons. The van der Waals surface area contributed by atoms with Gasteiger partial charge in [-0.2, -0.15) is 0 Å². The van der Waals surface area contributed by atoms with Crippen LogP contribution in [0.4, 0.5) is 4.79 Å². The van der Waals surface area contributed by atoms with E-state index in [1.165, 1.54) is 5.57 Å². The van der Waals surface area contributed by atoms with E-state index in [1.807, 2.05) is 9.80 Å². The standard InChI is InChI=1S/C15H24N2O4/c1-21-11-12-4-7-16(8-5-12)15(20)17-6-2-3-13(10-17)9-14(18)19/h4,13H,2-3,5-11H2,1H3,(H,18,19). The Morgan fingerprint density at radius 2 is 2.19 bits per heavy atom. The quantitative estimate of drug-likeness (QED) is 0.800. The zero-order valence-electron chi connectivity index (χ0n) is 12.6. The lowest BCUT2D eigenvalue weighted by atomic mass is 9.95. The maximum atomic E-state index is 12.5. The van der Waals surface area contributed by atoms with E-state index < -0.39 is 5.97 Å². The maximum absolute atomic E-state index is 12.5. The first kappa shape index (κ1) is 15.8. The number of carboxylic acids is 1.